The van der Waals surface area contributed by atoms with Crippen molar-refractivity contribution in [3.05, 3.63) is 76.2 Å². The molecule has 2 aliphatic rings. The first-order chi connectivity index (χ1) is 15.0. The van der Waals surface area contributed by atoms with Crippen LogP contribution in [0.5, 0.6) is 0 Å². The summed E-state index contributed by atoms with van der Waals surface area (Å²) in [6, 6.07) is 10.9. The fourth-order valence-corrected chi connectivity index (χ4v) is 4.31. The highest BCUT2D eigenvalue weighted by Crippen LogP contribution is 2.38. The Balaban J connectivity index is 1.63. The number of ether oxygens (including phenoxy) is 2. The van der Waals surface area contributed by atoms with Gasteiger partial charge in [-0.05, 0) is 43.5 Å². The van der Waals surface area contributed by atoms with E-state index in [1.165, 1.54) is 0 Å². The molecule has 0 radical (unpaired) electrons. The van der Waals surface area contributed by atoms with Crippen molar-refractivity contribution in [2.45, 2.75) is 44.8 Å². The van der Waals surface area contributed by atoms with Crippen LogP contribution in [-0.4, -0.2) is 41.0 Å². The average molecular weight is 441 g/mol. The van der Waals surface area contributed by atoms with Crippen LogP contribution < -0.4 is 0 Å². The summed E-state index contributed by atoms with van der Waals surface area (Å²) in [5, 5.41) is 0.604. The van der Waals surface area contributed by atoms with Crippen LogP contribution in [0.2, 0.25) is 5.02 Å². The summed E-state index contributed by atoms with van der Waals surface area (Å²) < 4.78 is 11.4. The molecule has 0 saturated carbocycles. The minimum atomic E-state index is -0.425. The van der Waals surface area contributed by atoms with E-state index in [-0.39, 0.29) is 31.0 Å². The van der Waals surface area contributed by atoms with Gasteiger partial charge in [-0.1, -0.05) is 29.8 Å². The number of allylic oxidation sites excluding steroid dienone is 1. The molecule has 0 bridgehead atoms. The fraction of sp³-hybridized carbons (Fsp3) is 0.375. The summed E-state index contributed by atoms with van der Waals surface area (Å²) in [5.41, 5.74) is 2.80. The first-order valence-corrected chi connectivity index (χ1v) is 10.8. The Bertz CT molecular complexity index is 969. The molecule has 1 fully saturated rings. The van der Waals surface area contributed by atoms with Crippen LogP contribution in [0.1, 0.15) is 43.2 Å². The molecule has 3 heterocycles. The van der Waals surface area contributed by atoms with Crippen LogP contribution >= 0.6 is 11.6 Å². The smallest absolute Gasteiger partial charge is 0.336 e. The van der Waals surface area contributed by atoms with Crippen LogP contribution in [0.4, 0.5) is 0 Å². The zero-order valence-corrected chi connectivity index (χ0v) is 18.2. The third-order valence-electron chi connectivity index (χ3n) is 5.82. The second-order valence-electron chi connectivity index (χ2n) is 7.88. The Kier molecular flexibility index (Phi) is 6.68. The molecule has 2 atom stereocenters. The van der Waals surface area contributed by atoms with E-state index >= 15 is 0 Å². The summed E-state index contributed by atoms with van der Waals surface area (Å²) in [5.74, 6) is -0.824. The summed E-state index contributed by atoms with van der Waals surface area (Å²) in [4.78, 5) is 32.0. The van der Waals surface area contributed by atoms with E-state index in [0.717, 1.165) is 24.0 Å². The number of esters is 1. The van der Waals surface area contributed by atoms with Crippen LogP contribution in [0.15, 0.2) is 60.1 Å². The number of halogens is 1. The molecule has 0 aliphatic carbocycles. The third kappa shape index (κ3) is 4.97. The van der Waals surface area contributed by atoms with Gasteiger partial charge >= 0.3 is 5.97 Å². The SMILES string of the molecule is CC1=C(C(=O)OCc2cccnc2)[C@H](c2ccc(Cl)cc2)CC(=O)N1C[C@H]1CCCO1. The summed E-state index contributed by atoms with van der Waals surface area (Å²) in [6.45, 7) is 3.10. The van der Waals surface area contributed by atoms with Gasteiger partial charge in [-0.2, -0.15) is 0 Å². The Morgan fingerprint density at radius 1 is 1.29 bits per heavy atom. The molecule has 162 valence electrons. The van der Waals surface area contributed by atoms with E-state index in [4.69, 9.17) is 21.1 Å². The lowest BCUT2D eigenvalue weighted by molar-refractivity contribution is -0.141. The van der Waals surface area contributed by atoms with Crippen LogP contribution in [0, 0.1) is 0 Å². The minimum Gasteiger partial charge on any atom is -0.457 e. The topological polar surface area (TPSA) is 68.7 Å². The van der Waals surface area contributed by atoms with Crippen molar-refractivity contribution < 1.29 is 19.1 Å². The van der Waals surface area contributed by atoms with Gasteiger partial charge in [0.25, 0.3) is 0 Å². The van der Waals surface area contributed by atoms with Gasteiger partial charge < -0.3 is 14.4 Å². The first kappa shape index (κ1) is 21.5. The van der Waals surface area contributed by atoms with E-state index in [9.17, 15) is 9.59 Å². The predicted octanol–water partition coefficient (Wildman–Crippen LogP) is 4.25. The van der Waals surface area contributed by atoms with E-state index in [1.54, 1.807) is 35.5 Å². The molecule has 31 heavy (non-hydrogen) atoms. The number of carbonyl (C=O) groups excluding carboxylic acids is 2. The molecule has 2 aromatic rings. The molecule has 7 heteroatoms. The van der Waals surface area contributed by atoms with E-state index in [1.807, 2.05) is 25.1 Å². The molecule has 2 aliphatic heterocycles. The lowest BCUT2D eigenvalue weighted by Gasteiger charge is -2.35. The molecule has 1 aromatic carbocycles. The molecular formula is C24H25ClN2O4. The van der Waals surface area contributed by atoms with Crippen molar-refractivity contribution in [1.82, 2.24) is 9.88 Å². The molecular weight excluding hydrogens is 416 g/mol. The molecule has 6 nitrogen and oxygen atoms in total. The Morgan fingerprint density at radius 2 is 2.10 bits per heavy atom. The highest BCUT2D eigenvalue weighted by molar-refractivity contribution is 6.30. The predicted molar refractivity (Wildman–Crippen MR) is 116 cm³/mol. The Morgan fingerprint density at radius 3 is 2.77 bits per heavy atom. The lowest BCUT2D eigenvalue weighted by atomic mass is 9.83. The van der Waals surface area contributed by atoms with Crippen molar-refractivity contribution >= 4 is 23.5 Å². The van der Waals surface area contributed by atoms with Gasteiger partial charge in [-0.25, -0.2) is 4.79 Å². The third-order valence-corrected chi connectivity index (χ3v) is 6.07. The van der Waals surface area contributed by atoms with Gasteiger partial charge in [-0.3, -0.25) is 9.78 Å². The summed E-state index contributed by atoms with van der Waals surface area (Å²) >= 11 is 6.04. The number of hydrogen-bond donors (Lipinski definition) is 0. The maximum Gasteiger partial charge on any atom is 0.336 e. The molecule has 1 saturated heterocycles. The van der Waals surface area contributed by atoms with E-state index in [0.29, 0.717) is 29.4 Å². The quantitative estimate of drug-likeness (QED) is 0.628. The number of hydrogen-bond acceptors (Lipinski definition) is 5. The zero-order valence-electron chi connectivity index (χ0n) is 17.4. The number of aromatic nitrogens is 1. The molecule has 0 unspecified atom stereocenters. The zero-order chi connectivity index (χ0) is 21.8. The molecule has 1 amide bonds. The second-order valence-corrected chi connectivity index (χ2v) is 8.32. The van der Waals surface area contributed by atoms with Gasteiger partial charge in [0.05, 0.1) is 18.2 Å². The molecule has 0 N–H and O–H groups in total. The van der Waals surface area contributed by atoms with E-state index < -0.39 is 5.97 Å². The number of benzene rings is 1. The minimum absolute atomic E-state index is 0.00125. The number of rotatable bonds is 6. The summed E-state index contributed by atoms with van der Waals surface area (Å²) in [6.07, 6.45) is 5.44. The Labute approximate surface area is 186 Å². The fourth-order valence-electron chi connectivity index (χ4n) is 4.18. The van der Waals surface area contributed by atoms with Crippen molar-refractivity contribution in [2.75, 3.05) is 13.2 Å². The number of amides is 1. The lowest BCUT2D eigenvalue weighted by Crippen LogP contribution is -2.42. The van der Waals surface area contributed by atoms with Gasteiger partial charge in [0, 0.05) is 47.6 Å². The number of nitrogens with zero attached hydrogens (tertiary/aromatic N) is 2. The van der Waals surface area contributed by atoms with Crippen molar-refractivity contribution in [1.29, 1.82) is 0 Å². The highest BCUT2D eigenvalue weighted by atomic mass is 35.5. The second kappa shape index (κ2) is 9.62. The van der Waals surface area contributed by atoms with Crippen molar-refractivity contribution in [3.63, 3.8) is 0 Å². The standard InChI is InChI=1S/C24H25ClN2O4/c1-16-23(24(29)31-15-17-4-2-10-26-13-17)21(18-6-8-19(25)9-7-18)12-22(28)27(16)14-20-5-3-11-30-20/h2,4,6-10,13,20-21H,3,5,11-12,14-15H2,1H3/t20-,21+/m1/s1. The molecule has 0 spiro atoms. The van der Waals surface area contributed by atoms with Crippen LogP contribution in [0.3, 0.4) is 0 Å². The van der Waals surface area contributed by atoms with Crippen molar-refractivity contribution in [3.8, 4) is 0 Å². The molecule has 4 rings (SSSR count). The Hall–Kier alpha value is -2.70. The average Bonchev–Trinajstić information content (AvgIpc) is 3.29. The van der Waals surface area contributed by atoms with Gasteiger partial charge in [0.2, 0.25) is 5.91 Å². The van der Waals surface area contributed by atoms with Gasteiger partial charge in [-0.15, -0.1) is 0 Å². The largest absolute Gasteiger partial charge is 0.457 e. The normalized spacial score (nSPS) is 21.5. The first-order valence-electron chi connectivity index (χ1n) is 10.5. The van der Waals surface area contributed by atoms with E-state index in [2.05, 4.69) is 4.98 Å². The van der Waals surface area contributed by atoms with Gasteiger partial charge in [0.1, 0.15) is 6.61 Å². The molecule has 1 aromatic heterocycles. The maximum atomic E-state index is 13.2. The van der Waals surface area contributed by atoms with Gasteiger partial charge in [0.15, 0.2) is 0 Å². The number of pyridine rings is 1. The maximum absolute atomic E-state index is 13.2. The van der Waals surface area contributed by atoms with Crippen LogP contribution in [0.25, 0.3) is 0 Å². The monoisotopic (exact) mass is 440 g/mol. The number of carbonyl (C=O) groups is 2. The highest BCUT2D eigenvalue weighted by Gasteiger charge is 2.38. The summed E-state index contributed by atoms with van der Waals surface area (Å²) in [7, 11) is 0. The van der Waals surface area contributed by atoms with Crippen molar-refractivity contribution in [2.24, 2.45) is 0 Å². The van der Waals surface area contributed by atoms with Crippen LogP contribution in [-0.2, 0) is 25.7 Å².